The first-order valence-electron chi connectivity index (χ1n) is 9.24. The van der Waals surface area contributed by atoms with Crippen molar-refractivity contribution >= 4 is 29.2 Å². The molecule has 0 bridgehead atoms. The van der Waals surface area contributed by atoms with Gasteiger partial charge < -0.3 is 20.7 Å². The van der Waals surface area contributed by atoms with Crippen molar-refractivity contribution in [3.05, 3.63) is 52.8 Å². The van der Waals surface area contributed by atoms with Crippen molar-refractivity contribution in [2.45, 2.75) is 19.3 Å². The number of nitrogens with one attached hydrogen (secondary N) is 3. The molecule has 3 rings (SSSR count). The smallest absolute Gasteiger partial charge is 0.224 e. The molecule has 0 saturated heterocycles. The van der Waals surface area contributed by atoms with Crippen molar-refractivity contribution in [1.29, 1.82) is 0 Å². The fourth-order valence-corrected chi connectivity index (χ4v) is 3.00. The van der Waals surface area contributed by atoms with Crippen LogP contribution in [-0.4, -0.2) is 43.6 Å². The first-order chi connectivity index (χ1) is 13.6. The van der Waals surface area contributed by atoms with Gasteiger partial charge in [0.2, 0.25) is 5.91 Å². The number of aryl methyl sites for hydroxylation is 1. The second-order valence-electron chi connectivity index (χ2n) is 6.38. The third kappa shape index (κ3) is 5.85. The highest BCUT2D eigenvalue weighted by Crippen LogP contribution is 2.26. The second kappa shape index (κ2) is 9.94. The van der Waals surface area contributed by atoms with Gasteiger partial charge in [0.15, 0.2) is 5.96 Å². The largest absolute Gasteiger partial charge is 0.492 e. The number of fused-ring (bicyclic) bond motifs is 1. The zero-order chi connectivity index (χ0) is 19.8. The van der Waals surface area contributed by atoms with Gasteiger partial charge >= 0.3 is 0 Å². The predicted octanol–water partition coefficient (Wildman–Crippen LogP) is 2.41. The molecule has 0 atom stereocenters. The van der Waals surface area contributed by atoms with Gasteiger partial charge in [0.1, 0.15) is 17.5 Å². The molecule has 1 aromatic heterocycles. The van der Waals surface area contributed by atoms with Crippen LogP contribution in [0.5, 0.6) is 5.75 Å². The minimum atomic E-state index is 0.0663. The molecule has 1 aliphatic rings. The molecule has 0 radical (unpaired) electrons. The van der Waals surface area contributed by atoms with Crippen LogP contribution < -0.4 is 20.7 Å². The zero-order valence-corrected chi connectivity index (χ0v) is 16.6. The molecule has 1 amide bonds. The molecule has 0 unspecified atom stereocenters. The Morgan fingerprint density at radius 3 is 2.89 bits per heavy atom. The van der Waals surface area contributed by atoms with Crippen LogP contribution in [0.4, 0.5) is 5.69 Å². The lowest BCUT2D eigenvalue weighted by atomic mass is 10.0. The summed E-state index contributed by atoms with van der Waals surface area (Å²) >= 11 is 5.79. The number of amides is 1. The van der Waals surface area contributed by atoms with Crippen molar-refractivity contribution in [3.63, 3.8) is 0 Å². The number of ether oxygens (including phenoxy) is 1. The van der Waals surface area contributed by atoms with Gasteiger partial charge in [-0.1, -0.05) is 17.7 Å². The highest BCUT2D eigenvalue weighted by Gasteiger charge is 2.14. The SMILES string of the molecule is CN=C(NCCOc1ccc2c(c1)CCC(=O)N2)NCCc1ccc(Cl)nc1. The Balaban J connectivity index is 1.36. The van der Waals surface area contributed by atoms with Gasteiger partial charge in [-0.25, -0.2) is 4.98 Å². The number of guanidine groups is 1. The summed E-state index contributed by atoms with van der Waals surface area (Å²) in [6.45, 7) is 1.86. The average Bonchev–Trinajstić information content (AvgIpc) is 2.71. The molecule has 3 N–H and O–H groups in total. The van der Waals surface area contributed by atoms with Crippen molar-refractivity contribution < 1.29 is 9.53 Å². The number of aromatic nitrogens is 1. The number of pyridine rings is 1. The number of benzene rings is 1. The zero-order valence-electron chi connectivity index (χ0n) is 15.8. The molecule has 28 heavy (non-hydrogen) atoms. The number of anilines is 1. The van der Waals surface area contributed by atoms with E-state index in [4.69, 9.17) is 16.3 Å². The number of nitrogens with zero attached hydrogens (tertiary/aromatic N) is 2. The normalized spacial score (nSPS) is 13.5. The molecular weight excluding hydrogens is 378 g/mol. The summed E-state index contributed by atoms with van der Waals surface area (Å²) in [5.41, 5.74) is 3.10. The highest BCUT2D eigenvalue weighted by atomic mass is 35.5. The van der Waals surface area contributed by atoms with Crippen molar-refractivity contribution in [2.24, 2.45) is 4.99 Å². The number of hydrogen-bond acceptors (Lipinski definition) is 4. The van der Waals surface area contributed by atoms with Crippen LogP contribution in [0, 0.1) is 0 Å². The minimum absolute atomic E-state index is 0.0663. The fourth-order valence-electron chi connectivity index (χ4n) is 2.89. The molecule has 7 nitrogen and oxygen atoms in total. The molecular formula is C20H24ClN5O2. The number of carbonyl (C=O) groups excluding carboxylic acids is 1. The molecule has 1 aromatic carbocycles. The van der Waals surface area contributed by atoms with E-state index in [0.29, 0.717) is 24.7 Å². The lowest BCUT2D eigenvalue weighted by molar-refractivity contribution is -0.116. The Hall–Kier alpha value is -2.80. The van der Waals surface area contributed by atoms with E-state index in [1.165, 1.54) is 0 Å². The quantitative estimate of drug-likeness (QED) is 0.287. The Kier molecular flexibility index (Phi) is 7.08. The summed E-state index contributed by atoms with van der Waals surface area (Å²) in [7, 11) is 1.73. The van der Waals surface area contributed by atoms with Crippen molar-refractivity contribution in [3.8, 4) is 5.75 Å². The van der Waals surface area contributed by atoms with Crippen LogP contribution in [-0.2, 0) is 17.6 Å². The van der Waals surface area contributed by atoms with E-state index < -0.39 is 0 Å². The van der Waals surface area contributed by atoms with Crippen LogP contribution in [0.3, 0.4) is 0 Å². The standard InChI is InChI=1S/C20H24ClN5O2/c1-22-20(23-9-8-14-2-6-18(21)25-13-14)24-10-11-28-16-4-5-17-15(12-16)3-7-19(27)26-17/h2,4-6,12-13H,3,7-11H2,1H3,(H,26,27)(H2,22,23,24). The number of halogens is 1. The summed E-state index contributed by atoms with van der Waals surface area (Å²) in [4.78, 5) is 19.7. The molecule has 2 heterocycles. The van der Waals surface area contributed by atoms with Gasteiger partial charge in [-0.3, -0.25) is 9.79 Å². The molecule has 0 spiro atoms. The molecule has 148 valence electrons. The van der Waals surface area contributed by atoms with Gasteiger partial charge in [-0.05, 0) is 48.2 Å². The Morgan fingerprint density at radius 1 is 1.25 bits per heavy atom. The Morgan fingerprint density at radius 2 is 2.11 bits per heavy atom. The summed E-state index contributed by atoms with van der Waals surface area (Å²) in [5.74, 6) is 1.59. The lowest BCUT2D eigenvalue weighted by Gasteiger charge is -2.18. The summed E-state index contributed by atoms with van der Waals surface area (Å²) < 4.78 is 5.80. The van der Waals surface area contributed by atoms with E-state index in [0.717, 1.165) is 47.9 Å². The summed E-state index contributed by atoms with van der Waals surface area (Å²) in [6, 6.07) is 9.50. The van der Waals surface area contributed by atoms with E-state index in [2.05, 4.69) is 25.9 Å². The van der Waals surface area contributed by atoms with Gasteiger partial charge in [0, 0.05) is 31.9 Å². The molecule has 0 fully saturated rings. The first-order valence-corrected chi connectivity index (χ1v) is 9.62. The van der Waals surface area contributed by atoms with Crippen LogP contribution in [0.2, 0.25) is 5.15 Å². The van der Waals surface area contributed by atoms with Crippen LogP contribution >= 0.6 is 11.6 Å². The molecule has 8 heteroatoms. The van der Waals surface area contributed by atoms with E-state index in [9.17, 15) is 4.79 Å². The Bertz CT molecular complexity index is 839. The Labute approximate surface area is 169 Å². The van der Waals surface area contributed by atoms with Gasteiger partial charge in [0.05, 0.1) is 6.54 Å². The maximum Gasteiger partial charge on any atom is 0.224 e. The van der Waals surface area contributed by atoms with E-state index in [-0.39, 0.29) is 5.91 Å². The van der Waals surface area contributed by atoms with Gasteiger partial charge in [0.25, 0.3) is 0 Å². The van der Waals surface area contributed by atoms with Crippen LogP contribution in [0.25, 0.3) is 0 Å². The number of aliphatic imine (C=N–C) groups is 1. The second-order valence-corrected chi connectivity index (χ2v) is 6.77. The first kappa shape index (κ1) is 19.9. The van der Waals surface area contributed by atoms with E-state index in [1.54, 1.807) is 19.3 Å². The third-order valence-electron chi connectivity index (χ3n) is 4.35. The predicted molar refractivity (Wildman–Crippen MR) is 111 cm³/mol. The fraction of sp³-hybridized carbons (Fsp3) is 0.350. The maximum atomic E-state index is 11.4. The van der Waals surface area contributed by atoms with Gasteiger partial charge in [-0.2, -0.15) is 0 Å². The maximum absolute atomic E-state index is 11.4. The molecule has 2 aromatic rings. The van der Waals surface area contributed by atoms with E-state index in [1.807, 2.05) is 24.3 Å². The molecule has 1 aliphatic heterocycles. The number of hydrogen-bond donors (Lipinski definition) is 3. The van der Waals surface area contributed by atoms with Gasteiger partial charge in [-0.15, -0.1) is 0 Å². The van der Waals surface area contributed by atoms with E-state index >= 15 is 0 Å². The molecule has 0 saturated carbocycles. The topological polar surface area (TPSA) is 87.6 Å². The monoisotopic (exact) mass is 401 g/mol. The molecule has 0 aliphatic carbocycles. The van der Waals surface area contributed by atoms with Crippen molar-refractivity contribution in [1.82, 2.24) is 15.6 Å². The van der Waals surface area contributed by atoms with Crippen LogP contribution in [0.1, 0.15) is 17.5 Å². The van der Waals surface area contributed by atoms with Crippen molar-refractivity contribution in [2.75, 3.05) is 32.1 Å². The summed E-state index contributed by atoms with van der Waals surface area (Å²) in [5, 5.41) is 9.85. The highest BCUT2D eigenvalue weighted by molar-refractivity contribution is 6.29. The number of carbonyl (C=O) groups is 1. The lowest BCUT2D eigenvalue weighted by Crippen LogP contribution is -2.40. The average molecular weight is 402 g/mol. The minimum Gasteiger partial charge on any atom is -0.492 e. The summed E-state index contributed by atoms with van der Waals surface area (Å²) in [6.07, 6.45) is 3.87. The third-order valence-corrected chi connectivity index (χ3v) is 4.58. The van der Waals surface area contributed by atoms with Crippen LogP contribution in [0.15, 0.2) is 41.5 Å². The number of rotatable bonds is 7.